The van der Waals surface area contributed by atoms with Crippen LogP contribution in [0.5, 0.6) is 0 Å². The zero-order valence-electron chi connectivity index (χ0n) is 15.7. The fourth-order valence-electron chi connectivity index (χ4n) is 2.99. The highest BCUT2D eigenvalue weighted by Crippen LogP contribution is 2.42. The van der Waals surface area contributed by atoms with Gasteiger partial charge in [-0.2, -0.15) is 0 Å². The van der Waals surface area contributed by atoms with Gasteiger partial charge in [-0.15, -0.1) is 11.3 Å². The number of thioether (sulfide) groups is 1. The molecular formula is C22H15ClN2O3S2. The monoisotopic (exact) mass is 454 g/mol. The number of carbonyl (C=O) groups is 3. The summed E-state index contributed by atoms with van der Waals surface area (Å²) in [5, 5.41) is 5.14. The van der Waals surface area contributed by atoms with Crippen molar-refractivity contribution in [1.82, 2.24) is 0 Å². The molecule has 150 valence electrons. The summed E-state index contributed by atoms with van der Waals surface area (Å²) in [6.07, 6.45) is 0. The Morgan fingerprint density at radius 2 is 1.70 bits per heavy atom. The van der Waals surface area contributed by atoms with Crippen LogP contribution in [0, 0.1) is 0 Å². The van der Waals surface area contributed by atoms with Crippen molar-refractivity contribution in [2.24, 2.45) is 0 Å². The van der Waals surface area contributed by atoms with Gasteiger partial charge in [0.05, 0.1) is 16.2 Å². The van der Waals surface area contributed by atoms with Crippen molar-refractivity contribution < 1.29 is 14.4 Å². The summed E-state index contributed by atoms with van der Waals surface area (Å²) in [5.74, 6) is -0.943. The first kappa shape index (κ1) is 20.4. The summed E-state index contributed by atoms with van der Waals surface area (Å²) in [4.78, 5) is 40.9. The predicted octanol–water partition coefficient (Wildman–Crippen LogP) is 5.44. The van der Waals surface area contributed by atoms with Crippen molar-refractivity contribution in [2.75, 3.05) is 10.2 Å². The maximum atomic E-state index is 13.3. The minimum atomic E-state index is -0.379. The molecule has 1 aliphatic rings. The predicted molar refractivity (Wildman–Crippen MR) is 122 cm³/mol. The van der Waals surface area contributed by atoms with Gasteiger partial charge in [-0.1, -0.05) is 29.4 Å². The molecule has 30 heavy (non-hydrogen) atoms. The maximum absolute atomic E-state index is 13.3. The van der Waals surface area contributed by atoms with Crippen LogP contribution >= 0.6 is 34.7 Å². The third kappa shape index (κ3) is 4.05. The van der Waals surface area contributed by atoms with E-state index in [1.165, 1.54) is 34.9 Å². The molecule has 3 aromatic rings. The molecule has 2 heterocycles. The molecule has 5 nitrogen and oxygen atoms in total. The van der Waals surface area contributed by atoms with E-state index in [1.54, 1.807) is 36.4 Å². The minimum absolute atomic E-state index is 0.195. The standard InChI is InChI=1S/C22H15ClN2O3S2/c1-13(26)24-15-6-8-16(9-7-15)25-21(27)19(18-3-2-12-29-18)20(22(25)28)30-17-10-4-14(23)5-11-17/h2-12H,1H3,(H,24,26). The van der Waals surface area contributed by atoms with Crippen LogP contribution in [0.1, 0.15) is 11.8 Å². The van der Waals surface area contributed by atoms with Gasteiger partial charge in [0.15, 0.2) is 0 Å². The first-order valence-electron chi connectivity index (χ1n) is 8.92. The Balaban J connectivity index is 1.71. The van der Waals surface area contributed by atoms with Crippen molar-refractivity contribution >= 4 is 69.4 Å². The molecule has 1 aliphatic heterocycles. The molecule has 0 spiro atoms. The van der Waals surface area contributed by atoms with Gasteiger partial charge in [-0.3, -0.25) is 14.4 Å². The lowest BCUT2D eigenvalue weighted by Crippen LogP contribution is -2.31. The third-order valence-electron chi connectivity index (χ3n) is 4.29. The summed E-state index contributed by atoms with van der Waals surface area (Å²) < 4.78 is 0. The first-order chi connectivity index (χ1) is 14.4. The largest absolute Gasteiger partial charge is 0.326 e. The average molecular weight is 455 g/mol. The lowest BCUT2D eigenvalue weighted by Gasteiger charge is -2.15. The van der Waals surface area contributed by atoms with Crippen LogP contribution in [0.15, 0.2) is 75.8 Å². The van der Waals surface area contributed by atoms with Gasteiger partial charge in [0, 0.05) is 27.4 Å². The number of nitrogens with zero attached hydrogens (tertiary/aromatic N) is 1. The minimum Gasteiger partial charge on any atom is -0.326 e. The van der Waals surface area contributed by atoms with E-state index < -0.39 is 0 Å². The zero-order valence-corrected chi connectivity index (χ0v) is 18.1. The topological polar surface area (TPSA) is 66.5 Å². The SMILES string of the molecule is CC(=O)Nc1ccc(N2C(=O)C(Sc3ccc(Cl)cc3)=C(c3cccs3)C2=O)cc1. The van der Waals surface area contributed by atoms with Gasteiger partial charge in [0.25, 0.3) is 11.8 Å². The second kappa shape index (κ2) is 8.47. The number of nitrogens with one attached hydrogen (secondary N) is 1. The summed E-state index contributed by atoms with van der Waals surface area (Å²) in [6, 6.07) is 17.4. The van der Waals surface area contributed by atoms with Crippen LogP contribution in [0.25, 0.3) is 5.57 Å². The average Bonchev–Trinajstić information content (AvgIpc) is 3.31. The number of hydrogen-bond acceptors (Lipinski definition) is 5. The Labute approximate surface area is 186 Å². The van der Waals surface area contributed by atoms with E-state index >= 15 is 0 Å². The number of amides is 3. The second-order valence-corrected chi connectivity index (χ2v) is 8.88. The van der Waals surface area contributed by atoms with E-state index in [-0.39, 0.29) is 17.7 Å². The van der Waals surface area contributed by atoms with Crippen molar-refractivity contribution in [3.05, 3.63) is 80.8 Å². The van der Waals surface area contributed by atoms with Crippen molar-refractivity contribution in [2.45, 2.75) is 11.8 Å². The Morgan fingerprint density at radius 3 is 2.30 bits per heavy atom. The van der Waals surface area contributed by atoms with E-state index in [0.717, 1.165) is 9.77 Å². The molecule has 0 saturated carbocycles. The molecule has 0 aliphatic carbocycles. The fraction of sp³-hybridized carbons (Fsp3) is 0.0455. The summed E-state index contributed by atoms with van der Waals surface area (Å²) in [6.45, 7) is 1.42. The highest BCUT2D eigenvalue weighted by molar-refractivity contribution is 8.04. The maximum Gasteiger partial charge on any atom is 0.272 e. The van der Waals surface area contributed by atoms with E-state index in [0.29, 0.717) is 26.9 Å². The zero-order chi connectivity index (χ0) is 21.3. The highest BCUT2D eigenvalue weighted by Gasteiger charge is 2.40. The fourth-order valence-corrected chi connectivity index (χ4v) is 4.94. The lowest BCUT2D eigenvalue weighted by molar-refractivity contribution is -0.120. The molecule has 1 N–H and O–H groups in total. The van der Waals surface area contributed by atoms with E-state index in [4.69, 9.17) is 11.6 Å². The van der Waals surface area contributed by atoms with E-state index in [9.17, 15) is 14.4 Å². The van der Waals surface area contributed by atoms with Crippen molar-refractivity contribution in [3.63, 3.8) is 0 Å². The number of hydrogen-bond donors (Lipinski definition) is 1. The molecular weight excluding hydrogens is 440 g/mol. The smallest absolute Gasteiger partial charge is 0.272 e. The first-order valence-corrected chi connectivity index (χ1v) is 11.0. The number of halogens is 1. The van der Waals surface area contributed by atoms with Gasteiger partial charge in [-0.05, 0) is 60.0 Å². The molecule has 0 radical (unpaired) electrons. The normalized spacial score (nSPS) is 13.9. The lowest BCUT2D eigenvalue weighted by atomic mass is 10.2. The molecule has 2 aromatic carbocycles. The quantitative estimate of drug-likeness (QED) is 0.521. The number of thiophene rings is 1. The second-order valence-electron chi connectivity index (χ2n) is 6.41. The highest BCUT2D eigenvalue weighted by atomic mass is 35.5. The van der Waals surface area contributed by atoms with Crippen LogP contribution in [-0.2, 0) is 14.4 Å². The Hall–Kier alpha value is -2.87. The third-order valence-corrected chi connectivity index (χ3v) is 6.52. The summed E-state index contributed by atoms with van der Waals surface area (Å²) in [7, 11) is 0. The van der Waals surface area contributed by atoms with Crippen LogP contribution in [0.4, 0.5) is 11.4 Å². The van der Waals surface area contributed by atoms with E-state index in [2.05, 4.69) is 5.32 Å². The van der Waals surface area contributed by atoms with Crippen LogP contribution in [-0.4, -0.2) is 17.7 Å². The van der Waals surface area contributed by atoms with Crippen LogP contribution in [0.3, 0.4) is 0 Å². The molecule has 0 atom stereocenters. The number of rotatable bonds is 5. The Kier molecular flexibility index (Phi) is 5.76. The van der Waals surface area contributed by atoms with Gasteiger partial charge in [-0.25, -0.2) is 4.90 Å². The molecule has 3 amide bonds. The molecule has 0 saturated heterocycles. The molecule has 0 unspecified atom stereocenters. The number of imide groups is 1. The van der Waals surface area contributed by atoms with Crippen LogP contribution < -0.4 is 10.2 Å². The summed E-state index contributed by atoms with van der Waals surface area (Å²) >= 11 is 8.62. The van der Waals surface area contributed by atoms with Crippen LogP contribution in [0.2, 0.25) is 5.02 Å². The number of benzene rings is 2. The van der Waals surface area contributed by atoms with Crippen molar-refractivity contribution in [1.29, 1.82) is 0 Å². The van der Waals surface area contributed by atoms with Crippen molar-refractivity contribution in [3.8, 4) is 0 Å². The van der Waals surface area contributed by atoms with Gasteiger partial charge in [0.1, 0.15) is 0 Å². The molecule has 8 heteroatoms. The summed E-state index contributed by atoms with van der Waals surface area (Å²) in [5.41, 5.74) is 1.42. The van der Waals surface area contributed by atoms with Gasteiger partial charge >= 0.3 is 0 Å². The molecule has 0 bridgehead atoms. The van der Waals surface area contributed by atoms with Gasteiger partial charge in [0.2, 0.25) is 5.91 Å². The van der Waals surface area contributed by atoms with E-state index in [1.807, 2.05) is 29.6 Å². The molecule has 4 rings (SSSR count). The van der Waals surface area contributed by atoms with Gasteiger partial charge < -0.3 is 5.32 Å². The number of carbonyl (C=O) groups excluding carboxylic acids is 3. The molecule has 0 fully saturated rings. The Bertz CT molecular complexity index is 1150. The molecule has 1 aromatic heterocycles. The number of anilines is 2. The Morgan fingerprint density at radius 1 is 1.00 bits per heavy atom.